The molecule has 0 amide bonds. The van der Waals surface area contributed by atoms with E-state index in [0.717, 1.165) is 132 Å². The van der Waals surface area contributed by atoms with Crippen LogP contribution in [0.5, 0.6) is 40.2 Å². The fourth-order valence-electron chi connectivity index (χ4n) is 11.7. The smallest absolute Gasteiger partial charge is 0.131 e. The van der Waals surface area contributed by atoms with Crippen molar-refractivity contribution in [1.29, 1.82) is 0 Å². The first-order valence-corrected chi connectivity index (χ1v) is 32.6. The van der Waals surface area contributed by atoms with Gasteiger partial charge in [-0.2, -0.15) is 0 Å². The Bertz CT molecular complexity index is 3130. The fraction of sp³-hybridized carbons (Fsp3) is 0.538. The molecule has 9 rings (SSSR count). The minimum Gasteiger partial charge on any atom is -0.493 e. The molecule has 2 atom stereocenters. The van der Waals surface area contributed by atoms with Crippen molar-refractivity contribution < 1.29 is 66.3 Å². The van der Waals surface area contributed by atoms with E-state index in [-0.39, 0.29) is 20.3 Å². The second kappa shape index (κ2) is 40.1. The van der Waals surface area contributed by atoms with E-state index < -0.39 is 0 Å². The molecule has 15 heteroatoms. The summed E-state index contributed by atoms with van der Waals surface area (Å²) in [4.78, 5) is 2.34. The van der Waals surface area contributed by atoms with Crippen molar-refractivity contribution in [1.82, 2.24) is 4.90 Å². The van der Waals surface area contributed by atoms with E-state index in [0.29, 0.717) is 104 Å². The van der Waals surface area contributed by atoms with Crippen molar-refractivity contribution in [2.24, 2.45) is 0 Å². The number of nitrogens with zero attached hydrogens (tertiary/aromatic N) is 1. The number of likely N-dealkylation sites (N-methyl/N-ethyl adjacent to an activating group) is 1. The Morgan fingerprint density at radius 1 is 0.462 bits per heavy atom. The van der Waals surface area contributed by atoms with Crippen molar-refractivity contribution in [2.75, 3.05) is 109 Å². The Kier molecular flexibility index (Phi) is 33.3. The Morgan fingerprint density at radius 2 is 0.849 bits per heavy atom. The van der Waals surface area contributed by atoms with E-state index in [1.54, 1.807) is 42.7 Å². The Hall–Kier alpha value is -6.40. The number of fused-ring (bicyclic) bond motifs is 3. The van der Waals surface area contributed by atoms with Gasteiger partial charge in [-0.25, -0.2) is 0 Å². The third kappa shape index (κ3) is 21.8. The summed E-state index contributed by atoms with van der Waals surface area (Å²) in [7, 11) is 12.4. The third-order valence-corrected chi connectivity index (χ3v) is 17.6. The van der Waals surface area contributed by atoms with Crippen molar-refractivity contribution in [3.63, 3.8) is 0 Å². The highest BCUT2D eigenvalue weighted by molar-refractivity contribution is 5.56. The summed E-state index contributed by atoms with van der Waals surface area (Å²) in [6.45, 7) is 25.4. The van der Waals surface area contributed by atoms with Crippen molar-refractivity contribution >= 4 is 0 Å². The van der Waals surface area contributed by atoms with Gasteiger partial charge >= 0.3 is 0 Å². The van der Waals surface area contributed by atoms with Crippen LogP contribution in [0.3, 0.4) is 0 Å². The first-order valence-electron chi connectivity index (χ1n) is 32.6. The zero-order valence-electron chi connectivity index (χ0n) is 57.2. The van der Waals surface area contributed by atoms with Gasteiger partial charge < -0.3 is 71.2 Å². The molecular weight excluding hydrogens is 1170 g/mol. The normalized spacial score (nSPS) is 13.8. The SMILES string of the molecule is C.C.CCC(C)(C)c1ccc(OCCOc2c(COC)cc3c(c2COC)CCN(C)C3)cc1.CCC(C)c1ccc(OCCOc2c(COC)cc3c(c2COC)CCO3)cc1.CCC(C)c1ccc(OCCOc2c(COC)cc3c(c2COC)CCOC3)cc1. The second-order valence-electron chi connectivity index (χ2n) is 24.4. The van der Waals surface area contributed by atoms with Gasteiger partial charge in [0, 0.05) is 101 Å². The zero-order chi connectivity index (χ0) is 65.1. The van der Waals surface area contributed by atoms with Crippen molar-refractivity contribution in [2.45, 2.75) is 172 Å². The van der Waals surface area contributed by atoms with Gasteiger partial charge in [0.15, 0.2) is 0 Å². The van der Waals surface area contributed by atoms with Gasteiger partial charge in [0.2, 0.25) is 0 Å². The van der Waals surface area contributed by atoms with Gasteiger partial charge in [-0.05, 0) is 150 Å². The van der Waals surface area contributed by atoms with Crippen LogP contribution in [0, 0.1) is 0 Å². The molecule has 3 heterocycles. The van der Waals surface area contributed by atoms with E-state index in [1.165, 1.54) is 44.5 Å². The molecule has 0 aliphatic carbocycles. The predicted molar refractivity (Wildman–Crippen MR) is 373 cm³/mol. The molecule has 0 radical (unpaired) electrons. The molecule has 0 spiro atoms. The highest BCUT2D eigenvalue weighted by atomic mass is 16.5. The van der Waals surface area contributed by atoms with Crippen LogP contribution < -0.4 is 33.2 Å². The van der Waals surface area contributed by atoms with Crippen LogP contribution in [0.2, 0.25) is 0 Å². The molecule has 0 saturated carbocycles. The van der Waals surface area contributed by atoms with Crippen molar-refractivity contribution in [3.05, 3.63) is 169 Å². The molecule has 3 aliphatic heterocycles. The number of hydrogen-bond donors (Lipinski definition) is 0. The van der Waals surface area contributed by atoms with Crippen LogP contribution in [-0.2, 0) is 111 Å². The van der Waals surface area contributed by atoms with Crippen LogP contribution in [0.4, 0.5) is 0 Å². The Labute approximate surface area is 558 Å². The van der Waals surface area contributed by atoms with Crippen LogP contribution in [0.1, 0.15) is 172 Å². The van der Waals surface area contributed by atoms with Gasteiger partial charge in [-0.1, -0.05) is 99.7 Å². The highest BCUT2D eigenvalue weighted by Gasteiger charge is 2.27. The second-order valence-corrected chi connectivity index (χ2v) is 24.4. The first kappa shape index (κ1) is 77.3. The summed E-state index contributed by atoms with van der Waals surface area (Å²) < 4.78 is 80.5. The number of ether oxygens (including phenoxy) is 14. The van der Waals surface area contributed by atoms with Crippen LogP contribution in [0.25, 0.3) is 0 Å². The minimum atomic E-state index is 0. The number of rotatable bonds is 33. The summed E-state index contributed by atoms with van der Waals surface area (Å²) in [5, 5.41) is 0. The van der Waals surface area contributed by atoms with Gasteiger partial charge in [0.25, 0.3) is 0 Å². The first-order chi connectivity index (χ1) is 44.2. The lowest BCUT2D eigenvalue weighted by atomic mass is 9.82. The molecule has 6 aromatic rings. The molecule has 6 aromatic carbocycles. The van der Waals surface area contributed by atoms with Gasteiger partial charge in [-0.15, -0.1) is 0 Å². The highest BCUT2D eigenvalue weighted by Crippen LogP contribution is 2.40. The summed E-state index contributed by atoms with van der Waals surface area (Å²) in [5.74, 6) is 7.20. The lowest BCUT2D eigenvalue weighted by Gasteiger charge is -2.29. The minimum absolute atomic E-state index is 0. The maximum absolute atomic E-state index is 6.28. The summed E-state index contributed by atoms with van der Waals surface area (Å²) in [6, 6.07) is 31.5. The topological polar surface area (TPSA) is 132 Å². The average molecular weight is 1290 g/mol. The number of methoxy groups -OCH3 is 6. The van der Waals surface area contributed by atoms with E-state index in [4.69, 9.17) is 66.3 Å². The Balaban J connectivity index is 0.000000251. The van der Waals surface area contributed by atoms with Crippen LogP contribution >= 0.6 is 0 Å². The molecule has 0 bridgehead atoms. The molecule has 0 fully saturated rings. The lowest BCUT2D eigenvalue weighted by molar-refractivity contribution is 0.107. The molecule has 93 heavy (non-hydrogen) atoms. The molecule has 2 unspecified atom stereocenters. The fourth-order valence-corrected chi connectivity index (χ4v) is 11.7. The van der Waals surface area contributed by atoms with Crippen LogP contribution in [-0.4, -0.2) is 114 Å². The summed E-state index contributed by atoms with van der Waals surface area (Å²) >= 11 is 0. The Morgan fingerprint density at radius 3 is 1.28 bits per heavy atom. The van der Waals surface area contributed by atoms with E-state index in [2.05, 4.69) is 121 Å². The van der Waals surface area contributed by atoms with E-state index in [9.17, 15) is 0 Å². The quantitative estimate of drug-likeness (QED) is 0.0362. The van der Waals surface area contributed by atoms with Crippen molar-refractivity contribution in [3.8, 4) is 40.2 Å². The third-order valence-electron chi connectivity index (χ3n) is 17.6. The van der Waals surface area contributed by atoms with Crippen LogP contribution in [0.15, 0.2) is 91.0 Å². The van der Waals surface area contributed by atoms with Gasteiger partial charge in [-0.3, -0.25) is 0 Å². The maximum Gasteiger partial charge on any atom is 0.131 e. The predicted octanol–water partition coefficient (Wildman–Crippen LogP) is 16.3. The molecule has 3 aliphatic rings. The zero-order valence-corrected chi connectivity index (χ0v) is 57.2. The molecule has 0 N–H and O–H groups in total. The molecule has 15 nitrogen and oxygen atoms in total. The average Bonchev–Trinajstić information content (AvgIpc) is 1.59. The van der Waals surface area contributed by atoms with Gasteiger partial charge in [0.05, 0.1) is 59.5 Å². The standard InChI is InChI=1S/C27H39NO4.C25H34O5.C24H32O5.2CH4/c1-7-27(2,3)22-8-10-23(11-9-22)31-14-15-32-26-21(18-29-5)16-20-17-28(4)13-12-24(20)25(26)19-30-6;1-5-18(2)19-6-8-22(9-7-19)29-12-13-30-25-21(15-26-3)14-20-16-28-11-10-23(20)24(25)17-27-4;1-5-17(2)18-6-8-20(9-7-18)27-12-13-29-24-19(15-25-3)14-23-21(10-11-28-23)22(24)16-26-4;;/h8-11,16H,7,12-15,17-19H2,1-6H3;6-9,14,18H,5,10-13,15-17H2,1-4H3;6-9,14,17H,5,10-13,15-16H2,1-4H3;2*1H4. The summed E-state index contributed by atoms with van der Waals surface area (Å²) in [6.07, 6.45) is 6.12. The maximum atomic E-state index is 6.28. The lowest BCUT2D eigenvalue weighted by Crippen LogP contribution is -2.28. The summed E-state index contributed by atoms with van der Waals surface area (Å²) in [5.41, 5.74) is 16.9. The molecular formula is C78H113NO14. The number of hydrogen-bond acceptors (Lipinski definition) is 15. The monoisotopic (exact) mass is 1290 g/mol. The number of benzene rings is 6. The molecule has 0 saturated heterocycles. The molecule has 514 valence electrons. The van der Waals surface area contributed by atoms with Gasteiger partial charge in [0.1, 0.15) is 79.9 Å². The largest absolute Gasteiger partial charge is 0.493 e. The molecule has 0 aromatic heterocycles. The van der Waals surface area contributed by atoms with E-state index >= 15 is 0 Å². The van der Waals surface area contributed by atoms with E-state index in [1.807, 2.05) is 30.3 Å².